The number of rotatable bonds is 9. The van der Waals surface area contributed by atoms with Crippen LogP contribution in [-0.4, -0.2) is 50.3 Å². The molecule has 1 aromatic carbocycles. The second-order valence-electron chi connectivity index (χ2n) is 6.63. The fourth-order valence-corrected chi connectivity index (χ4v) is 4.94. The third-order valence-electron chi connectivity index (χ3n) is 4.59. The standard InChI is InChI=1S/C19H27ClN2O5S/c1-2-27-18(23)8-4-6-14-22(17-7-3-5-13-21-19(17)24)28(25,26)16-11-9-15(20)10-12-16/h9-12,17H,2-8,13-14H2,1H3,(H,21,24)/t17-/m1/s1. The van der Waals surface area contributed by atoms with Crippen molar-refractivity contribution < 1.29 is 22.7 Å². The Balaban J connectivity index is 2.18. The van der Waals surface area contributed by atoms with Gasteiger partial charge in [-0.3, -0.25) is 9.59 Å². The van der Waals surface area contributed by atoms with E-state index >= 15 is 0 Å². The number of nitrogens with zero attached hydrogens (tertiary/aromatic N) is 1. The quantitative estimate of drug-likeness (QED) is 0.480. The normalized spacial score (nSPS) is 17.8. The monoisotopic (exact) mass is 430 g/mol. The van der Waals surface area contributed by atoms with Crippen LogP contribution in [0.25, 0.3) is 0 Å². The first-order chi connectivity index (χ1) is 13.4. The number of benzene rings is 1. The molecule has 1 heterocycles. The maximum atomic E-state index is 13.2. The lowest BCUT2D eigenvalue weighted by molar-refractivity contribution is -0.143. The van der Waals surface area contributed by atoms with E-state index in [1.165, 1.54) is 28.6 Å². The molecular weight excluding hydrogens is 404 g/mol. The molecule has 1 aliphatic rings. The third-order valence-corrected chi connectivity index (χ3v) is 6.76. The van der Waals surface area contributed by atoms with Gasteiger partial charge in [0.2, 0.25) is 15.9 Å². The van der Waals surface area contributed by atoms with Crippen LogP contribution < -0.4 is 5.32 Å². The van der Waals surface area contributed by atoms with Crippen molar-refractivity contribution in [3.63, 3.8) is 0 Å². The molecule has 1 amide bonds. The fourth-order valence-electron chi connectivity index (χ4n) is 3.15. The minimum Gasteiger partial charge on any atom is -0.466 e. The largest absolute Gasteiger partial charge is 0.466 e. The lowest BCUT2D eigenvalue weighted by Gasteiger charge is -2.29. The molecule has 9 heteroatoms. The minimum absolute atomic E-state index is 0.0966. The Hall–Kier alpha value is -1.64. The van der Waals surface area contributed by atoms with Crippen molar-refractivity contribution in [1.29, 1.82) is 0 Å². The highest BCUT2D eigenvalue weighted by molar-refractivity contribution is 7.89. The number of unbranched alkanes of at least 4 members (excludes halogenated alkanes) is 1. The molecule has 0 spiro atoms. The highest BCUT2D eigenvalue weighted by Crippen LogP contribution is 2.24. The van der Waals surface area contributed by atoms with Gasteiger partial charge in [0.25, 0.3) is 0 Å². The van der Waals surface area contributed by atoms with Crippen LogP contribution in [0.4, 0.5) is 0 Å². The third kappa shape index (κ3) is 6.18. The zero-order valence-corrected chi connectivity index (χ0v) is 17.6. The maximum Gasteiger partial charge on any atom is 0.305 e. The van der Waals surface area contributed by atoms with Gasteiger partial charge in [0, 0.05) is 24.5 Å². The van der Waals surface area contributed by atoms with E-state index in [9.17, 15) is 18.0 Å². The summed E-state index contributed by atoms with van der Waals surface area (Å²) < 4.78 is 32.7. The van der Waals surface area contributed by atoms with Gasteiger partial charge in [-0.15, -0.1) is 0 Å². The van der Waals surface area contributed by atoms with E-state index < -0.39 is 16.1 Å². The zero-order valence-electron chi connectivity index (χ0n) is 16.0. The molecule has 0 saturated carbocycles. The smallest absolute Gasteiger partial charge is 0.305 e. The summed E-state index contributed by atoms with van der Waals surface area (Å²) >= 11 is 5.88. The Morgan fingerprint density at radius 1 is 1.25 bits per heavy atom. The van der Waals surface area contributed by atoms with Crippen molar-refractivity contribution in [1.82, 2.24) is 9.62 Å². The molecule has 0 radical (unpaired) electrons. The summed E-state index contributed by atoms with van der Waals surface area (Å²) in [7, 11) is -3.88. The summed E-state index contributed by atoms with van der Waals surface area (Å²) in [5.74, 6) is -0.581. The molecule has 1 atom stereocenters. The van der Waals surface area contributed by atoms with Gasteiger partial charge in [-0.2, -0.15) is 4.31 Å². The zero-order chi connectivity index (χ0) is 20.6. The van der Waals surface area contributed by atoms with Gasteiger partial charge >= 0.3 is 5.97 Å². The van der Waals surface area contributed by atoms with Gasteiger partial charge < -0.3 is 10.1 Å². The first-order valence-electron chi connectivity index (χ1n) is 9.57. The summed E-state index contributed by atoms with van der Waals surface area (Å²) in [5, 5.41) is 3.23. The number of halogens is 1. The first kappa shape index (κ1) is 22.6. The second kappa shape index (κ2) is 10.8. The van der Waals surface area contributed by atoms with Gasteiger partial charge in [0.1, 0.15) is 6.04 Å². The molecule has 0 bridgehead atoms. The summed E-state index contributed by atoms with van der Waals surface area (Å²) in [6, 6.07) is 5.15. The van der Waals surface area contributed by atoms with Crippen LogP contribution >= 0.6 is 11.6 Å². The van der Waals surface area contributed by atoms with E-state index in [1.807, 2.05) is 0 Å². The summed E-state index contributed by atoms with van der Waals surface area (Å²) in [6.45, 7) is 2.76. The Morgan fingerprint density at radius 2 is 1.96 bits per heavy atom. The van der Waals surface area contributed by atoms with Crippen LogP contribution in [0.3, 0.4) is 0 Å². The predicted molar refractivity (Wildman–Crippen MR) is 106 cm³/mol. The van der Waals surface area contributed by atoms with E-state index in [-0.39, 0.29) is 29.7 Å². The molecule has 0 aromatic heterocycles. The molecule has 0 unspecified atom stereocenters. The average Bonchev–Trinajstić information content (AvgIpc) is 2.86. The van der Waals surface area contributed by atoms with Crippen molar-refractivity contribution in [3.8, 4) is 0 Å². The second-order valence-corrected chi connectivity index (χ2v) is 8.96. The fraction of sp³-hybridized carbons (Fsp3) is 0.579. The van der Waals surface area contributed by atoms with Crippen LogP contribution in [-0.2, 0) is 24.3 Å². The number of sulfonamides is 1. The van der Waals surface area contributed by atoms with Crippen LogP contribution in [0.15, 0.2) is 29.2 Å². The number of ether oxygens (including phenoxy) is 1. The first-order valence-corrected chi connectivity index (χ1v) is 11.4. The van der Waals surface area contributed by atoms with E-state index in [1.54, 1.807) is 6.92 Å². The highest BCUT2D eigenvalue weighted by atomic mass is 35.5. The van der Waals surface area contributed by atoms with Crippen molar-refractivity contribution >= 4 is 33.5 Å². The molecule has 1 aromatic rings. The van der Waals surface area contributed by atoms with E-state index in [4.69, 9.17) is 16.3 Å². The van der Waals surface area contributed by atoms with Gasteiger partial charge in [-0.05, 0) is 63.3 Å². The number of amides is 1. The Labute approximate surface area is 171 Å². The molecule has 156 valence electrons. The Bertz CT molecular complexity index is 767. The van der Waals surface area contributed by atoms with Crippen molar-refractivity contribution in [2.45, 2.75) is 56.4 Å². The number of carbonyl (C=O) groups is 2. The highest BCUT2D eigenvalue weighted by Gasteiger charge is 2.36. The number of hydrogen-bond donors (Lipinski definition) is 1. The van der Waals surface area contributed by atoms with Crippen LogP contribution in [0.2, 0.25) is 5.02 Å². The summed E-state index contributed by atoms with van der Waals surface area (Å²) in [4.78, 5) is 24.1. The molecule has 1 saturated heterocycles. The van der Waals surface area contributed by atoms with Crippen molar-refractivity contribution in [2.75, 3.05) is 19.7 Å². The van der Waals surface area contributed by atoms with E-state index in [2.05, 4.69) is 5.32 Å². The number of nitrogens with one attached hydrogen (secondary N) is 1. The lowest BCUT2D eigenvalue weighted by Crippen LogP contribution is -2.49. The van der Waals surface area contributed by atoms with Gasteiger partial charge in [-0.25, -0.2) is 8.42 Å². The molecule has 1 fully saturated rings. The summed E-state index contributed by atoms with van der Waals surface area (Å²) in [5.41, 5.74) is 0. The molecule has 1 N–H and O–H groups in total. The van der Waals surface area contributed by atoms with Crippen molar-refractivity contribution in [3.05, 3.63) is 29.3 Å². The van der Waals surface area contributed by atoms with Crippen LogP contribution in [0, 0.1) is 0 Å². The van der Waals surface area contributed by atoms with Gasteiger partial charge in [0.05, 0.1) is 11.5 Å². The number of carbonyl (C=O) groups excluding carboxylic acids is 2. The average molecular weight is 431 g/mol. The molecule has 1 aliphatic heterocycles. The van der Waals surface area contributed by atoms with Crippen LogP contribution in [0.1, 0.15) is 45.4 Å². The maximum absolute atomic E-state index is 13.2. The molecule has 28 heavy (non-hydrogen) atoms. The van der Waals surface area contributed by atoms with E-state index in [0.29, 0.717) is 37.4 Å². The van der Waals surface area contributed by atoms with Gasteiger partial charge in [-0.1, -0.05) is 11.6 Å². The van der Waals surface area contributed by atoms with E-state index in [0.717, 1.165) is 12.8 Å². The molecular formula is C19H27ClN2O5S. The van der Waals surface area contributed by atoms with Crippen molar-refractivity contribution in [2.24, 2.45) is 0 Å². The number of hydrogen-bond acceptors (Lipinski definition) is 5. The lowest BCUT2D eigenvalue weighted by atomic mass is 10.1. The predicted octanol–water partition coefficient (Wildman–Crippen LogP) is 2.73. The topological polar surface area (TPSA) is 92.8 Å². The Kier molecular flexibility index (Phi) is 8.72. The van der Waals surface area contributed by atoms with Crippen LogP contribution in [0.5, 0.6) is 0 Å². The molecule has 7 nitrogen and oxygen atoms in total. The SMILES string of the molecule is CCOC(=O)CCCCN([C@@H]1CCCCNC1=O)S(=O)(=O)c1ccc(Cl)cc1. The molecule has 0 aliphatic carbocycles. The summed E-state index contributed by atoms with van der Waals surface area (Å²) in [6.07, 6.45) is 3.21. The molecule has 2 rings (SSSR count). The Morgan fingerprint density at radius 3 is 2.64 bits per heavy atom. The minimum atomic E-state index is -3.88. The number of esters is 1. The van der Waals surface area contributed by atoms with Gasteiger partial charge in [0.15, 0.2) is 0 Å².